The van der Waals surface area contributed by atoms with Gasteiger partial charge in [0.05, 0.1) is 0 Å². The highest BCUT2D eigenvalue weighted by molar-refractivity contribution is 9.10. The van der Waals surface area contributed by atoms with Crippen molar-refractivity contribution >= 4 is 43.8 Å². The zero-order chi connectivity index (χ0) is 15.4. The lowest BCUT2D eigenvalue weighted by molar-refractivity contribution is 0.660. The lowest BCUT2D eigenvalue weighted by Gasteiger charge is -2.15. The van der Waals surface area contributed by atoms with Crippen molar-refractivity contribution in [3.63, 3.8) is 0 Å². The summed E-state index contributed by atoms with van der Waals surface area (Å²) in [7, 11) is 0. The van der Waals surface area contributed by atoms with Gasteiger partial charge in [-0.3, -0.25) is 0 Å². The van der Waals surface area contributed by atoms with Crippen LogP contribution in [0, 0.1) is 0 Å². The molecule has 23 heavy (non-hydrogen) atoms. The molecule has 0 unspecified atom stereocenters. The fourth-order valence-electron chi connectivity index (χ4n) is 3.25. The van der Waals surface area contributed by atoms with Gasteiger partial charge in [-0.05, 0) is 35.4 Å². The third-order valence-electron chi connectivity index (χ3n) is 4.33. The molecule has 0 saturated heterocycles. The van der Waals surface area contributed by atoms with Crippen molar-refractivity contribution in [1.29, 1.82) is 0 Å². The summed E-state index contributed by atoms with van der Waals surface area (Å²) in [5.41, 5.74) is 5.14. The van der Waals surface area contributed by atoms with E-state index in [0.717, 1.165) is 45.4 Å². The number of anilines is 1. The normalized spacial score (nSPS) is 13.9. The van der Waals surface area contributed by atoms with Gasteiger partial charge in [0, 0.05) is 22.9 Å². The van der Waals surface area contributed by atoms with Crippen LogP contribution in [0.4, 0.5) is 5.82 Å². The van der Waals surface area contributed by atoms with Gasteiger partial charge in [0.1, 0.15) is 17.4 Å². The van der Waals surface area contributed by atoms with Crippen molar-refractivity contribution in [2.75, 3.05) is 4.90 Å². The Bertz CT molecular complexity index is 1060. The first-order valence-electron chi connectivity index (χ1n) is 7.44. The van der Waals surface area contributed by atoms with Crippen molar-refractivity contribution in [2.24, 2.45) is 0 Å². The SMILES string of the molecule is Brc1ccc2c(c1)CN(c1ncnc3c1oc1ccccc13)C2. The van der Waals surface area contributed by atoms with Crippen LogP contribution >= 0.6 is 15.9 Å². The molecular formula is C18H12BrN3O. The predicted molar refractivity (Wildman–Crippen MR) is 93.3 cm³/mol. The van der Waals surface area contributed by atoms with Crippen molar-refractivity contribution in [1.82, 2.24) is 9.97 Å². The Kier molecular flexibility index (Phi) is 2.73. The Balaban J connectivity index is 1.67. The fraction of sp³-hybridized carbons (Fsp3) is 0.111. The third kappa shape index (κ3) is 1.96. The maximum atomic E-state index is 6.04. The van der Waals surface area contributed by atoms with E-state index in [1.165, 1.54) is 11.1 Å². The van der Waals surface area contributed by atoms with E-state index in [4.69, 9.17) is 4.42 Å². The van der Waals surface area contributed by atoms with Gasteiger partial charge in [0.15, 0.2) is 11.4 Å². The van der Waals surface area contributed by atoms with Crippen molar-refractivity contribution in [3.8, 4) is 0 Å². The van der Waals surface area contributed by atoms with Crippen molar-refractivity contribution < 1.29 is 4.42 Å². The molecule has 4 nitrogen and oxygen atoms in total. The Morgan fingerprint density at radius 1 is 1.00 bits per heavy atom. The second-order valence-corrected chi connectivity index (χ2v) is 6.66. The first-order chi connectivity index (χ1) is 11.3. The Morgan fingerprint density at radius 2 is 1.87 bits per heavy atom. The minimum atomic E-state index is 0.764. The summed E-state index contributed by atoms with van der Waals surface area (Å²) in [6.07, 6.45) is 1.62. The highest BCUT2D eigenvalue weighted by Crippen LogP contribution is 2.36. The number of nitrogens with zero attached hydrogens (tertiary/aromatic N) is 3. The maximum Gasteiger partial charge on any atom is 0.196 e. The van der Waals surface area contributed by atoms with E-state index < -0.39 is 0 Å². The van der Waals surface area contributed by atoms with Crippen LogP contribution in [0.25, 0.3) is 22.1 Å². The first kappa shape index (κ1) is 13.1. The second kappa shape index (κ2) is 4.80. The number of rotatable bonds is 1. The molecule has 2 aromatic heterocycles. The van der Waals surface area contributed by atoms with E-state index in [2.05, 4.69) is 49.0 Å². The van der Waals surface area contributed by atoms with Gasteiger partial charge in [0.2, 0.25) is 0 Å². The summed E-state index contributed by atoms with van der Waals surface area (Å²) >= 11 is 3.54. The molecule has 0 N–H and O–H groups in total. The molecule has 4 aromatic rings. The zero-order valence-corrected chi connectivity index (χ0v) is 13.7. The number of hydrogen-bond donors (Lipinski definition) is 0. The van der Waals surface area contributed by atoms with E-state index in [0.29, 0.717) is 0 Å². The van der Waals surface area contributed by atoms with Crippen LogP contribution in [0.3, 0.4) is 0 Å². The molecule has 2 aromatic carbocycles. The number of para-hydroxylation sites is 1. The number of aromatic nitrogens is 2. The monoisotopic (exact) mass is 365 g/mol. The summed E-state index contributed by atoms with van der Waals surface area (Å²) < 4.78 is 7.15. The summed E-state index contributed by atoms with van der Waals surface area (Å²) in [6, 6.07) is 14.4. The third-order valence-corrected chi connectivity index (χ3v) is 4.82. The Morgan fingerprint density at radius 3 is 2.83 bits per heavy atom. The quantitative estimate of drug-likeness (QED) is 0.492. The minimum absolute atomic E-state index is 0.764. The van der Waals surface area contributed by atoms with Crippen LogP contribution in [0.2, 0.25) is 0 Å². The summed E-state index contributed by atoms with van der Waals surface area (Å²) in [4.78, 5) is 11.2. The zero-order valence-electron chi connectivity index (χ0n) is 12.2. The minimum Gasteiger partial charge on any atom is -0.450 e. The molecule has 0 fully saturated rings. The molecule has 0 spiro atoms. The van der Waals surface area contributed by atoms with Crippen LogP contribution in [-0.4, -0.2) is 9.97 Å². The Hall–Kier alpha value is -2.40. The standard InChI is InChI=1S/C18H12BrN3O/c19-13-6-5-11-8-22(9-12(11)7-13)18-17-16(20-10-21-18)14-3-1-2-4-15(14)23-17/h1-7,10H,8-9H2. The Labute approximate surface area is 140 Å². The maximum absolute atomic E-state index is 6.04. The van der Waals surface area contributed by atoms with Crippen molar-refractivity contribution in [3.05, 3.63) is 64.4 Å². The summed E-state index contributed by atoms with van der Waals surface area (Å²) in [5, 5.41) is 1.03. The number of furan rings is 1. The number of benzene rings is 2. The lowest BCUT2D eigenvalue weighted by atomic mass is 10.1. The van der Waals surface area contributed by atoms with E-state index in [1.807, 2.05) is 24.3 Å². The first-order valence-corrected chi connectivity index (χ1v) is 8.23. The van der Waals surface area contributed by atoms with Gasteiger partial charge in [-0.2, -0.15) is 0 Å². The molecular weight excluding hydrogens is 354 g/mol. The van der Waals surface area contributed by atoms with Crippen LogP contribution in [0.5, 0.6) is 0 Å². The van der Waals surface area contributed by atoms with Gasteiger partial charge in [-0.25, -0.2) is 9.97 Å². The lowest BCUT2D eigenvalue weighted by Crippen LogP contribution is -2.16. The average molecular weight is 366 g/mol. The van der Waals surface area contributed by atoms with Crippen molar-refractivity contribution in [2.45, 2.75) is 13.1 Å². The molecule has 0 bridgehead atoms. The van der Waals surface area contributed by atoms with Crippen LogP contribution < -0.4 is 4.90 Å². The van der Waals surface area contributed by atoms with Gasteiger partial charge in [-0.15, -0.1) is 0 Å². The average Bonchev–Trinajstić information content (AvgIpc) is 3.15. The second-order valence-electron chi connectivity index (χ2n) is 5.74. The van der Waals surface area contributed by atoms with E-state index in [1.54, 1.807) is 6.33 Å². The smallest absolute Gasteiger partial charge is 0.196 e. The van der Waals surface area contributed by atoms with Gasteiger partial charge in [-0.1, -0.05) is 34.1 Å². The van der Waals surface area contributed by atoms with E-state index in [9.17, 15) is 0 Å². The fourth-order valence-corrected chi connectivity index (χ4v) is 3.66. The van der Waals surface area contributed by atoms with Gasteiger partial charge >= 0.3 is 0 Å². The number of fused-ring (bicyclic) bond motifs is 4. The van der Waals surface area contributed by atoms with Crippen LogP contribution in [-0.2, 0) is 13.1 Å². The van der Waals surface area contributed by atoms with E-state index >= 15 is 0 Å². The molecule has 0 atom stereocenters. The van der Waals surface area contributed by atoms with E-state index in [-0.39, 0.29) is 0 Å². The topological polar surface area (TPSA) is 42.2 Å². The summed E-state index contributed by atoms with van der Waals surface area (Å²) in [6.45, 7) is 1.67. The summed E-state index contributed by atoms with van der Waals surface area (Å²) in [5.74, 6) is 0.860. The molecule has 0 aliphatic carbocycles. The predicted octanol–water partition coefficient (Wildman–Crippen LogP) is 4.66. The molecule has 0 saturated carbocycles. The molecule has 0 amide bonds. The van der Waals surface area contributed by atoms with Gasteiger partial charge in [0.25, 0.3) is 0 Å². The molecule has 1 aliphatic heterocycles. The molecule has 5 heteroatoms. The molecule has 112 valence electrons. The molecule has 1 aliphatic rings. The molecule has 5 rings (SSSR count). The van der Waals surface area contributed by atoms with Gasteiger partial charge < -0.3 is 9.32 Å². The molecule has 0 radical (unpaired) electrons. The molecule has 3 heterocycles. The highest BCUT2D eigenvalue weighted by Gasteiger charge is 2.24. The van der Waals surface area contributed by atoms with Crippen LogP contribution in [0.1, 0.15) is 11.1 Å². The number of halogens is 1. The largest absolute Gasteiger partial charge is 0.450 e. The van der Waals surface area contributed by atoms with Crippen LogP contribution in [0.15, 0.2) is 57.7 Å². The number of hydrogen-bond acceptors (Lipinski definition) is 4. The highest BCUT2D eigenvalue weighted by atomic mass is 79.9.